The summed E-state index contributed by atoms with van der Waals surface area (Å²) in [6.45, 7) is 3.10. The number of carbonyl (C=O) groups excluding carboxylic acids is 1. The first-order valence-corrected chi connectivity index (χ1v) is 5.25. The monoisotopic (exact) mass is 208 g/mol. The van der Waals surface area contributed by atoms with Gasteiger partial charge in [-0.1, -0.05) is 0 Å². The van der Waals surface area contributed by atoms with Crippen LogP contribution in [0.4, 0.5) is 0 Å². The van der Waals surface area contributed by atoms with E-state index in [9.17, 15) is 4.79 Å². The molecular formula is C11H16N2O2. The van der Waals surface area contributed by atoms with Gasteiger partial charge in [-0.25, -0.2) is 0 Å². The number of rotatable bonds is 3. The first kappa shape index (κ1) is 10.2. The molecule has 0 bridgehead atoms. The predicted octanol–water partition coefficient (Wildman–Crippen LogP) is 1.20. The van der Waals surface area contributed by atoms with Gasteiger partial charge in [0.15, 0.2) is 0 Å². The van der Waals surface area contributed by atoms with Gasteiger partial charge in [-0.3, -0.25) is 4.79 Å². The molecule has 0 aromatic carbocycles. The Morgan fingerprint density at radius 1 is 1.73 bits per heavy atom. The van der Waals surface area contributed by atoms with Crippen molar-refractivity contribution < 1.29 is 9.53 Å². The van der Waals surface area contributed by atoms with E-state index in [2.05, 4.69) is 10.3 Å². The summed E-state index contributed by atoms with van der Waals surface area (Å²) in [4.78, 5) is 14.8. The zero-order valence-electron chi connectivity index (χ0n) is 8.88. The van der Waals surface area contributed by atoms with Gasteiger partial charge in [0.2, 0.25) is 0 Å². The minimum Gasteiger partial charge on any atom is -0.367 e. The first-order valence-electron chi connectivity index (χ1n) is 5.25. The van der Waals surface area contributed by atoms with Crippen molar-refractivity contribution in [3.8, 4) is 0 Å². The van der Waals surface area contributed by atoms with Gasteiger partial charge in [0.1, 0.15) is 5.60 Å². The summed E-state index contributed by atoms with van der Waals surface area (Å²) in [5, 5.41) is 2.88. The van der Waals surface area contributed by atoms with E-state index in [0.717, 1.165) is 18.4 Å². The molecule has 0 spiro atoms. The predicted molar refractivity (Wildman–Crippen MR) is 56.2 cm³/mol. The molecule has 0 aliphatic carbocycles. The van der Waals surface area contributed by atoms with Crippen LogP contribution < -0.4 is 5.32 Å². The SMILES string of the molecule is CC1(C(=O)NCc2cc[nH]c2)CCCO1. The number of nitrogens with one attached hydrogen (secondary N) is 2. The van der Waals surface area contributed by atoms with Gasteiger partial charge in [0, 0.05) is 25.5 Å². The second kappa shape index (κ2) is 4.06. The summed E-state index contributed by atoms with van der Waals surface area (Å²) >= 11 is 0. The number of carbonyl (C=O) groups is 1. The minimum absolute atomic E-state index is 0.0128. The fraction of sp³-hybridized carbons (Fsp3) is 0.545. The van der Waals surface area contributed by atoms with Crippen LogP contribution in [0.2, 0.25) is 0 Å². The maximum absolute atomic E-state index is 11.8. The van der Waals surface area contributed by atoms with E-state index >= 15 is 0 Å². The molecule has 2 rings (SSSR count). The van der Waals surface area contributed by atoms with E-state index in [1.165, 1.54) is 0 Å². The van der Waals surface area contributed by atoms with Crippen LogP contribution in [0, 0.1) is 0 Å². The van der Waals surface area contributed by atoms with Crippen LogP contribution in [-0.2, 0) is 16.1 Å². The normalized spacial score (nSPS) is 25.4. The molecule has 1 amide bonds. The lowest BCUT2D eigenvalue weighted by Gasteiger charge is -2.21. The van der Waals surface area contributed by atoms with E-state index < -0.39 is 5.60 Å². The average molecular weight is 208 g/mol. The van der Waals surface area contributed by atoms with E-state index in [0.29, 0.717) is 13.2 Å². The smallest absolute Gasteiger partial charge is 0.252 e. The van der Waals surface area contributed by atoms with Gasteiger partial charge in [-0.15, -0.1) is 0 Å². The lowest BCUT2D eigenvalue weighted by atomic mass is 10.0. The Hall–Kier alpha value is -1.29. The third kappa shape index (κ3) is 2.21. The van der Waals surface area contributed by atoms with Crippen molar-refractivity contribution in [1.82, 2.24) is 10.3 Å². The Morgan fingerprint density at radius 3 is 3.20 bits per heavy atom. The van der Waals surface area contributed by atoms with Crippen LogP contribution in [0.3, 0.4) is 0 Å². The fourth-order valence-corrected chi connectivity index (χ4v) is 1.80. The molecule has 82 valence electrons. The van der Waals surface area contributed by atoms with Crippen LogP contribution >= 0.6 is 0 Å². The van der Waals surface area contributed by atoms with Crippen LogP contribution in [-0.4, -0.2) is 23.1 Å². The molecule has 0 radical (unpaired) electrons. The lowest BCUT2D eigenvalue weighted by Crippen LogP contribution is -2.43. The maximum atomic E-state index is 11.8. The zero-order chi connectivity index (χ0) is 10.7. The Labute approximate surface area is 89.0 Å². The van der Waals surface area contributed by atoms with Crippen molar-refractivity contribution >= 4 is 5.91 Å². The molecule has 4 heteroatoms. The van der Waals surface area contributed by atoms with Gasteiger partial charge < -0.3 is 15.0 Å². The molecule has 1 fully saturated rings. The molecular weight excluding hydrogens is 192 g/mol. The summed E-state index contributed by atoms with van der Waals surface area (Å²) in [7, 11) is 0. The molecule has 2 heterocycles. The van der Waals surface area contributed by atoms with E-state index in [1.54, 1.807) is 0 Å². The van der Waals surface area contributed by atoms with Crippen LogP contribution in [0.15, 0.2) is 18.5 Å². The van der Waals surface area contributed by atoms with Crippen LogP contribution in [0.5, 0.6) is 0 Å². The van der Waals surface area contributed by atoms with Gasteiger partial charge in [-0.2, -0.15) is 0 Å². The summed E-state index contributed by atoms with van der Waals surface area (Å²) in [6.07, 6.45) is 5.49. The molecule has 1 aromatic heterocycles. The molecule has 1 aliphatic rings. The van der Waals surface area contributed by atoms with Crippen LogP contribution in [0.1, 0.15) is 25.3 Å². The number of H-pyrrole nitrogens is 1. The first-order chi connectivity index (χ1) is 7.21. The maximum Gasteiger partial charge on any atom is 0.252 e. The summed E-state index contributed by atoms with van der Waals surface area (Å²) < 4.78 is 5.45. The van der Waals surface area contributed by atoms with Crippen molar-refractivity contribution in [3.05, 3.63) is 24.0 Å². The number of ether oxygens (including phenoxy) is 1. The quantitative estimate of drug-likeness (QED) is 0.784. The van der Waals surface area contributed by atoms with Gasteiger partial charge in [0.05, 0.1) is 0 Å². The van der Waals surface area contributed by atoms with Gasteiger partial charge in [0.25, 0.3) is 5.91 Å². The molecule has 1 saturated heterocycles. The highest BCUT2D eigenvalue weighted by atomic mass is 16.5. The van der Waals surface area contributed by atoms with Crippen molar-refractivity contribution in [1.29, 1.82) is 0 Å². The highest BCUT2D eigenvalue weighted by Crippen LogP contribution is 2.24. The second-order valence-electron chi connectivity index (χ2n) is 4.08. The molecule has 1 aliphatic heterocycles. The highest BCUT2D eigenvalue weighted by Gasteiger charge is 2.37. The van der Waals surface area contributed by atoms with E-state index in [-0.39, 0.29) is 5.91 Å². The van der Waals surface area contributed by atoms with Crippen molar-refractivity contribution in [2.75, 3.05) is 6.61 Å². The Balaban J connectivity index is 1.87. The molecule has 15 heavy (non-hydrogen) atoms. The van der Waals surface area contributed by atoms with E-state index in [1.807, 2.05) is 25.4 Å². The third-order valence-corrected chi connectivity index (χ3v) is 2.81. The zero-order valence-corrected chi connectivity index (χ0v) is 8.88. The largest absolute Gasteiger partial charge is 0.367 e. The van der Waals surface area contributed by atoms with E-state index in [4.69, 9.17) is 4.74 Å². The minimum atomic E-state index is -0.615. The van der Waals surface area contributed by atoms with Gasteiger partial charge >= 0.3 is 0 Å². The summed E-state index contributed by atoms with van der Waals surface area (Å²) in [5.41, 5.74) is 0.459. The summed E-state index contributed by atoms with van der Waals surface area (Å²) in [5.74, 6) is -0.0128. The number of aromatic nitrogens is 1. The number of hydrogen-bond acceptors (Lipinski definition) is 2. The van der Waals surface area contributed by atoms with Crippen molar-refractivity contribution in [3.63, 3.8) is 0 Å². The van der Waals surface area contributed by atoms with Crippen molar-refractivity contribution in [2.24, 2.45) is 0 Å². The Bertz CT molecular complexity index is 326. The van der Waals surface area contributed by atoms with Gasteiger partial charge in [-0.05, 0) is 31.4 Å². The molecule has 2 N–H and O–H groups in total. The molecule has 1 atom stereocenters. The van der Waals surface area contributed by atoms with Crippen molar-refractivity contribution in [2.45, 2.75) is 31.9 Å². The number of amides is 1. The number of hydrogen-bond donors (Lipinski definition) is 2. The second-order valence-corrected chi connectivity index (χ2v) is 4.08. The average Bonchev–Trinajstić information content (AvgIpc) is 2.85. The lowest BCUT2D eigenvalue weighted by molar-refractivity contribution is -0.139. The topological polar surface area (TPSA) is 54.1 Å². The highest BCUT2D eigenvalue weighted by molar-refractivity contribution is 5.84. The Kier molecular flexibility index (Phi) is 2.77. The molecule has 4 nitrogen and oxygen atoms in total. The van der Waals surface area contributed by atoms with Crippen LogP contribution in [0.25, 0.3) is 0 Å². The molecule has 1 aromatic rings. The third-order valence-electron chi connectivity index (χ3n) is 2.81. The number of aromatic amines is 1. The molecule has 0 saturated carbocycles. The fourth-order valence-electron chi connectivity index (χ4n) is 1.80. The summed E-state index contributed by atoms with van der Waals surface area (Å²) in [6, 6.07) is 1.94. The molecule has 1 unspecified atom stereocenters. The Morgan fingerprint density at radius 2 is 2.60 bits per heavy atom. The standard InChI is InChI=1S/C11H16N2O2/c1-11(4-2-6-15-11)10(14)13-8-9-3-5-12-7-9/h3,5,7,12H,2,4,6,8H2,1H3,(H,13,14).